The number of benzene rings is 1. The third-order valence-electron chi connectivity index (χ3n) is 2.48. The quantitative estimate of drug-likeness (QED) is 0.746. The molecule has 0 aromatic heterocycles. The van der Waals surface area contributed by atoms with Crippen molar-refractivity contribution in [2.75, 3.05) is 23.6 Å². The lowest BCUT2D eigenvalue weighted by Gasteiger charge is -2.10. The molecule has 102 valence electrons. The summed E-state index contributed by atoms with van der Waals surface area (Å²) in [6.07, 6.45) is 0.525. The summed E-state index contributed by atoms with van der Waals surface area (Å²) in [6.45, 7) is 5.16. The van der Waals surface area contributed by atoms with Gasteiger partial charge in [-0.3, -0.25) is 4.72 Å². The molecule has 0 heterocycles. The van der Waals surface area contributed by atoms with E-state index in [0.29, 0.717) is 24.2 Å². The van der Waals surface area contributed by atoms with Gasteiger partial charge in [0, 0.05) is 0 Å². The van der Waals surface area contributed by atoms with Crippen molar-refractivity contribution in [1.82, 2.24) is 5.32 Å². The van der Waals surface area contributed by atoms with Crippen molar-refractivity contribution >= 4 is 15.7 Å². The molecule has 18 heavy (non-hydrogen) atoms. The molecule has 0 aliphatic heterocycles. The highest BCUT2D eigenvalue weighted by atomic mass is 32.2. The number of hydrogen-bond acceptors (Lipinski definition) is 3. The minimum Gasteiger partial charge on any atom is -0.317 e. The van der Waals surface area contributed by atoms with Crippen LogP contribution in [-0.4, -0.2) is 27.3 Å². The molecular formula is C12H19FN2O2S. The van der Waals surface area contributed by atoms with Gasteiger partial charge in [0.1, 0.15) is 5.82 Å². The molecule has 0 spiro atoms. The predicted molar refractivity (Wildman–Crippen MR) is 71.7 cm³/mol. The Labute approximate surface area is 108 Å². The maximum absolute atomic E-state index is 13.0. The molecule has 0 unspecified atom stereocenters. The van der Waals surface area contributed by atoms with Crippen molar-refractivity contribution in [2.45, 2.75) is 20.3 Å². The molecule has 0 bridgehead atoms. The molecule has 0 radical (unpaired) electrons. The van der Waals surface area contributed by atoms with E-state index < -0.39 is 15.8 Å². The van der Waals surface area contributed by atoms with Gasteiger partial charge in [-0.05, 0) is 44.1 Å². The monoisotopic (exact) mass is 274 g/mol. The summed E-state index contributed by atoms with van der Waals surface area (Å²) in [7, 11) is -3.41. The summed E-state index contributed by atoms with van der Waals surface area (Å²) in [5, 5.41) is 3.05. The Morgan fingerprint density at radius 2 is 2.06 bits per heavy atom. The lowest BCUT2D eigenvalue weighted by molar-refractivity contribution is 0.595. The Bertz CT molecular complexity index is 489. The third kappa shape index (κ3) is 5.01. The van der Waals surface area contributed by atoms with Gasteiger partial charge in [-0.2, -0.15) is 0 Å². The lowest BCUT2D eigenvalue weighted by Crippen LogP contribution is -2.22. The normalized spacial score (nSPS) is 11.5. The molecule has 6 heteroatoms. The summed E-state index contributed by atoms with van der Waals surface area (Å²) in [5.74, 6) is -0.429. The highest BCUT2D eigenvalue weighted by Gasteiger charge is 2.11. The standard InChI is InChI=1S/C12H19FN2O2S/c1-3-14-7-4-8-18(16,17)15-12-9-11(13)6-5-10(12)2/h5-6,9,14-15H,3-4,7-8H2,1-2H3. The Balaban J connectivity index is 2.62. The second-order valence-corrected chi connectivity index (χ2v) is 5.93. The number of nitrogens with one attached hydrogen (secondary N) is 2. The van der Waals surface area contributed by atoms with Crippen molar-refractivity contribution in [2.24, 2.45) is 0 Å². The van der Waals surface area contributed by atoms with Crippen LogP contribution in [0.2, 0.25) is 0 Å². The Morgan fingerprint density at radius 3 is 2.72 bits per heavy atom. The maximum atomic E-state index is 13.0. The molecule has 0 saturated heterocycles. The molecule has 0 saturated carbocycles. The molecule has 2 N–H and O–H groups in total. The molecular weight excluding hydrogens is 255 g/mol. The summed E-state index contributed by atoms with van der Waals surface area (Å²) in [5.41, 5.74) is 1.00. The fraction of sp³-hybridized carbons (Fsp3) is 0.500. The molecule has 1 aromatic rings. The highest BCUT2D eigenvalue weighted by molar-refractivity contribution is 7.92. The minimum atomic E-state index is -3.41. The first-order valence-electron chi connectivity index (χ1n) is 5.92. The van der Waals surface area contributed by atoms with Crippen LogP contribution in [0.25, 0.3) is 0 Å². The van der Waals surface area contributed by atoms with Crippen LogP contribution in [0, 0.1) is 12.7 Å². The Morgan fingerprint density at radius 1 is 1.33 bits per heavy atom. The van der Waals surface area contributed by atoms with E-state index in [9.17, 15) is 12.8 Å². The van der Waals surface area contributed by atoms with E-state index in [-0.39, 0.29) is 5.75 Å². The van der Waals surface area contributed by atoms with Crippen LogP contribution in [0.15, 0.2) is 18.2 Å². The zero-order chi connectivity index (χ0) is 13.6. The molecule has 1 aromatic carbocycles. The topological polar surface area (TPSA) is 58.2 Å². The molecule has 4 nitrogen and oxygen atoms in total. The van der Waals surface area contributed by atoms with Crippen LogP contribution in [-0.2, 0) is 10.0 Å². The summed E-state index contributed by atoms with van der Waals surface area (Å²) < 4.78 is 39.0. The van der Waals surface area contributed by atoms with E-state index in [1.165, 1.54) is 12.1 Å². The predicted octanol–water partition coefficient (Wildman–Crippen LogP) is 1.88. The van der Waals surface area contributed by atoms with E-state index in [1.54, 1.807) is 13.0 Å². The largest absolute Gasteiger partial charge is 0.317 e. The van der Waals surface area contributed by atoms with Gasteiger partial charge < -0.3 is 5.32 Å². The van der Waals surface area contributed by atoms with Gasteiger partial charge in [0.05, 0.1) is 11.4 Å². The maximum Gasteiger partial charge on any atom is 0.232 e. The smallest absolute Gasteiger partial charge is 0.232 e. The van der Waals surface area contributed by atoms with Crippen LogP contribution in [0.3, 0.4) is 0 Å². The Hall–Kier alpha value is -1.14. The zero-order valence-corrected chi connectivity index (χ0v) is 11.5. The van der Waals surface area contributed by atoms with Gasteiger partial charge in [0.25, 0.3) is 0 Å². The van der Waals surface area contributed by atoms with Gasteiger partial charge >= 0.3 is 0 Å². The second-order valence-electron chi connectivity index (χ2n) is 4.09. The van der Waals surface area contributed by atoms with Gasteiger partial charge in [0.15, 0.2) is 0 Å². The fourth-order valence-electron chi connectivity index (χ4n) is 1.49. The number of rotatable bonds is 7. The number of aryl methyl sites for hydroxylation is 1. The van der Waals surface area contributed by atoms with E-state index in [2.05, 4.69) is 10.0 Å². The first-order valence-corrected chi connectivity index (χ1v) is 7.57. The molecule has 0 fully saturated rings. The molecule has 0 aliphatic carbocycles. The second kappa shape index (κ2) is 6.70. The molecule has 0 amide bonds. The Kier molecular flexibility index (Phi) is 5.55. The van der Waals surface area contributed by atoms with E-state index >= 15 is 0 Å². The van der Waals surface area contributed by atoms with Gasteiger partial charge in [-0.1, -0.05) is 13.0 Å². The van der Waals surface area contributed by atoms with Crippen molar-refractivity contribution in [3.63, 3.8) is 0 Å². The summed E-state index contributed by atoms with van der Waals surface area (Å²) in [6, 6.07) is 4.04. The number of halogens is 1. The van der Waals surface area contributed by atoms with Crippen molar-refractivity contribution in [1.29, 1.82) is 0 Å². The first kappa shape index (κ1) is 14.9. The number of sulfonamides is 1. The fourth-order valence-corrected chi connectivity index (χ4v) is 2.67. The minimum absolute atomic E-state index is 0.0238. The highest BCUT2D eigenvalue weighted by Crippen LogP contribution is 2.17. The number of hydrogen-bond donors (Lipinski definition) is 2. The average molecular weight is 274 g/mol. The lowest BCUT2D eigenvalue weighted by atomic mass is 10.2. The van der Waals surface area contributed by atoms with Crippen molar-refractivity contribution < 1.29 is 12.8 Å². The molecule has 0 aliphatic rings. The SMILES string of the molecule is CCNCCCS(=O)(=O)Nc1cc(F)ccc1C. The van der Waals surface area contributed by atoms with Gasteiger partial charge in [0.2, 0.25) is 10.0 Å². The van der Waals surface area contributed by atoms with Crippen LogP contribution in [0.1, 0.15) is 18.9 Å². The van der Waals surface area contributed by atoms with Crippen molar-refractivity contribution in [3.05, 3.63) is 29.6 Å². The summed E-state index contributed by atoms with van der Waals surface area (Å²) in [4.78, 5) is 0. The van der Waals surface area contributed by atoms with E-state index in [0.717, 1.165) is 6.54 Å². The average Bonchev–Trinajstić information content (AvgIpc) is 2.29. The van der Waals surface area contributed by atoms with Gasteiger partial charge in [-0.25, -0.2) is 12.8 Å². The first-order chi connectivity index (χ1) is 8.44. The third-order valence-corrected chi connectivity index (χ3v) is 3.84. The van der Waals surface area contributed by atoms with Crippen LogP contribution < -0.4 is 10.0 Å². The van der Waals surface area contributed by atoms with E-state index in [1.807, 2.05) is 6.92 Å². The van der Waals surface area contributed by atoms with Crippen LogP contribution in [0.4, 0.5) is 10.1 Å². The summed E-state index contributed by atoms with van der Waals surface area (Å²) >= 11 is 0. The van der Waals surface area contributed by atoms with Crippen LogP contribution in [0.5, 0.6) is 0 Å². The van der Waals surface area contributed by atoms with Crippen molar-refractivity contribution in [3.8, 4) is 0 Å². The van der Waals surface area contributed by atoms with Crippen LogP contribution >= 0.6 is 0 Å². The van der Waals surface area contributed by atoms with Gasteiger partial charge in [-0.15, -0.1) is 0 Å². The number of anilines is 1. The zero-order valence-electron chi connectivity index (χ0n) is 10.7. The molecule has 0 atom stereocenters. The molecule has 1 rings (SSSR count). The van der Waals surface area contributed by atoms with E-state index in [4.69, 9.17) is 0 Å².